The van der Waals surface area contributed by atoms with Gasteiger partial charge >= 0.3 is 0 Å². The van der Waals surface area contributed by atoms with Crippen molar-refractivity contribution in [2.24, 2.45) is 0 Å². The maximum Gasteiger partial charge on any atom is 0.226 e. The number of amides is 1. The van der Waals surface area contributed by atoms with Gasteiger partial charge in [0, 0.05) is 35.4 Å². The highest BCUT2D eigenvalue weighted by molar-refractivity contribution is 6.31. The molecule has 2 rings (SSSR count). The lowest BCUT2D eigenvalue weighted by molar-refractivity contribution is -0.115. The van der Waals surface area contributed by atoms with Crippen LogP contribution in [0.1, 0.15) is 12.0 Å². The number of hydrogen-bond donors (Lipinski definition) is 2. The number of halogens is 1. The average Bonchev–Trinajstić information content (AvgIpc) is 2.51. The van der Waals surface area contributed by atoms with Crippen molar-refractivity contribution in [1.82, 2.24) is 0 Å². The highest BCUT2D eigenvalue weighted by atomic mass is 35.5. The minimum Gasteiger partial charge on any atom is -0.497 e. The summed E-state index contributed by atoms with van der Waals surface area (Å²) < 4.78 is 5.12. The Morgan fingerprint density at radius 3 is 2.73 bits per heavy atom. The summed E-state index contributed by atoms with van der Waals surface area (Å²) in [5, 5.41) is 6.73. The molecule has 0 aliphatic heterocycles. The van der Waals surface area contributed by atoms with E-state index in [9.17, 15) is 4.79 Å². The first-order valence-electron chi connectivity index (χ1n) is 7.02. The van der Waals surface area contributed by atoms with Crippen LogP contribution in [-0.4, -0.2) is 19.6 Å². The van der Waals surface area contributed by atoms with Gasteiger partial charge in [0.25, 0.3) is 0 Å². The fraction of sp³-hybridized carbons (Fsp3) is 0.235. The van der Waals surface area contributed by atoms with Crippen LogP contribution in [0.15, 0.2) is 42.5 Å². The van der Waals surface area contributed by atoms with E-state index in [1.54, 1.807) is 13.2 Å². The van der Waals surface area contributed by atoms with Gasteiger partial charge in [-0.1, -0.05) is 23.7 Å². The normalized spacial score (nSPS) is 10.1. The van der Waals surface area contributed by atoms with Gasteiger partial charge in [-0.15, -0.1) is 0 Å². The summed E-state index contributed by atoms with van der Waals surface area (Å²) in [4.78, 5) is 11.9. The molecule has 0 spiro atoms. The van der Waals surface area contributed by atoms with Crippen LogP contribution in [0.3, 0.4) is 0 Å². The minimum atomic E-state index is -0.0565. The molecule has 0 heterocycles. The first-order chi connectivity index (χ1) is 10.6. The van der Waals surface area contributed by atoms with Gasteiger partial charge in [-0.25, -0.2) is 0 Å². The second-order valence-electron chi connectivity index (χ2n) is 4.92. The largest absolute Gasteiger partial charge is 0.497 e. The molecule has 0 radical (unpaired) electrons. The van der Waals surface area contributed by atoms with E-state index in [0.717, 1.165) is 16.9 Å². The maximum absolute atomic E-state index is 11.9. The molecule has 0 fully saturated rings. The number of anilines is 2. The summed E-state index contributed by atoms with van der Waals surface area (Å²) in [6.07, 6.45) is 0.364. The SMILES string of the molecule is COc1cccc(NC(=O)CCNc2ccc(C)c(Cl)c2)c1. The Labute approximate surface area is 135 Å². The lowest BCUT2D eigenvalue weighted by Crippen LogP contribution is -2.16. The Bertz CT molecular complexity index is 659. The Morgan fingerprint density at radius 2 is 2.00 bits per heavy atom. The average molecular weight is 319 g/mol. The van der Waals surface area contributed by atoms with Crippen molar-refractivity contribution >= 4 is 28.9 Å². The second-order valence-corrected chi connectivity index (χ2v) is 5.33. The first-order valence-corrected chi connectivity index (χ1v) is 7.40. The predicted octanol–water partition coefficient (Wildman–Crippen LogP) is 4.10. The molecule has 1 amide bonds. The number of aryl methyl sites for hydroxylation is 1. The summed E-state index contributed by atoms with van der Waals surface area (Å²) in [5.41, 5.74) is 2.66. The standard InChI is InChI=1S/C17H19ClN2O2/c1-12-6-7-13(11-16(12)18)19-9-8-17(21)20-14-4-3-5-15(10-14)22-2/h3-7,10-11,19H,8-9H2,1-2H3,(H,20,21). The van der Waals surface area contributed by atoms with Crippen LogP contribution >= 0.6 is 11.6 Å². The van der Waals surface area contributed by atoms with Crippen LogP contribution in [0.4, 0.5) is 11.4 Å². The summed E-state index contributed by atoms with van der Waals surface area (Å²) in [5.74, 6) is 0.657. The smallest absolute Gasteiger partial charge is 0.226 e. The monoisotopic (exact) mass is 318 g/mol. The van der Waals surface area contributed by atoms with E-state index in [1.165, 1.54) is 0 Å². The van der Waals surface area contributed by atoms with Crippen molar-refractivity contribution in [3.63, 3.8) is 0 Å². The quantitative estimate of drug-likeness (QED) is 0.843. The van der Waals surface area contributed by atoms with Gasteiger partial charge in [-0.3, -0.25) is 4.79 Å². The number of rotatable bonds is 6. The summed E-state index contributed by atoms with van der Waals surface area (Å²) >= 11 is 6.06. The van der Waals surface area contributed by atoms with Crippen molar-refractivity contribution in [3.05, 3.63) is 53.1 Å². The molecule has 22 heavy (non-hydrogen) atoms. The molecule has 0 saturated carbocycles. The third kappa shape index (κ3) is 4.67. The maximum atomic E-state index is 11.9. The van der Waals surface area contributed by atoms with Crippen LogP contribution in [-0.2, 0) is 4.79 Å². The fourth-order valence-electron chi connectivity index (χ4n) is 1.95. The van der Waals surface area contributed by atoms with Gasteiger partial charge in [0.05, 0.1) is 7.11 Å². The number of benzene rings is 2. The van der Waals surface area contributed by atoms with E-state index in [0.29, 0.717) is 23.7 Å². The Balaban J connectivity index is 1.81. The van der Waals surface area contributed by atoms with Gasteiger partial charge in [0.2, 0.25) is 5.91 Å². The van der Waals surface area contributed by atoms with Crippen LogP contribution in [0.5, 0.6) is 5.75 Å². The number of nitrogens with one attached hydrogen (secondary N) is 2. The highest BCUT2D eigenvalue weighted by Gasteiger charge is 2.04. The van der Waals surface area contributed by atoms with E-state index >= 15 is 0 Å². The van der Waals surface area contributed by atoms with Crippen molar-refractivity contribution in [3.8, 4) is 5.75 Å². The van der Waals surface area contributed by atoms with Gasteiger partial charge in [0.1, 0.15) is 5.75 Å². The molecule has 2 aromatic carbocycles. The molecule has 0 atom stereocenters. The third-order valence-electron chi connectivity index (χ3n) is 3.21. The van der Waals surface area contributed by atoms with Crippen molar-refractivity contribution in [2.45, 2.75) is 13.3 Å². The van der Waals surface area contributed by atoms with E-state index in [2.05, 4.69) is 10.6 Å². The fourth-order valence-corrected chi connectivity index (χ4v) is 2.13. The number of carbonyl (C=O) groups is 1. The zero-order valence-corrected chi connectivity index (χ0v) is 13.4. The van der Waals surface area contributed by atoms with Gasteiger partial charge in [-0.2, -0.15) is 0 Å². The molecule has 5 heteroatoms. The lowest BCUT2D eigenvalue weighted by Gasteiger charge is -2.09. The first kappa shape index (κ1) is 16.2. The summed E-state index contributed by atoms with van der Waals surface area (Å²) in [7, 11) is 1.59. The number of hydrogen-bond acceptors (Lipinski definition) is 3. The molecule has 2 aromatic rings. The molecule has 0 bridgehead atoms. The number of methoxy groups -OCH3 is 1. The zero-order valence-electron chi connectivity index (χ0n) is 12.7. The topological polar surface area (TPSA) is 50.4 Å². The van der Waals surface area contributed by atoms with Crippen LogP contribution < -0.4 is 15.4 Å². The summed E-state index contributed by atoms with van der Waals surface area (Å²) in [6.45, 7) is 2.49. The molecule has 0 aliphatic carbocycles. The number of ether oxygens (including phenoxy) is 1. The minimum absolute atomic E-state index is 0.0565. The predicted molar refractivity (Wildman–Crippen MR) is 90.9 cm³/mol. The Hall–Kier alpha value is -2.20. The molecule has 116 valence electrons. The molecule has 0 aliphatic rings. The molecule has 0 aromatic heterocycles. The van der Waals surface area contributed by atoms with E-state index in [4.69, 9.17) is 16.3 Å². The van der Waals surface area contributed by atoms with Crippen LogP contribution in [0.25, 0.3) is 0 Å². The van der Waals surface area contributed by atoms with Crippen LogP contribution in [0, 0.1) is 6.92 Å². The van der Waals surface area contributed by atoms with E-state index < -0.39 is 0 Å². The highest BCUT2D eigenvalue weighted by Crippen LogP contribution is 2.20. The van der Waals surface area contributed by atoms with Gasteiger partial charge in [0.15, 0.2) is 0 Å². The molecule has 0 saturated heterocycles. The third-order valence-corrected chi connectivity index (χ3v) is 3.61. The lowest BCUT2D eigenvalue weighted by atomic mass is 10.2. The molecule has 4 nitrogen and oxygen atoms in total. The van der Waals surface area contributed by atoms with Crippen molar-refractivity contribution < 1.29 is 9.53 Å². The summed E-state index contributed by atoms with van der Waals surface area (Å²) in [6, 6.07) is 13.0. The Morgan fingerprint density at radius 1 is 1.18 bits per heavy atom. The van der Waals surface area contributed by atoms with Crippen LogP contribution in [0.2, 0.25) is 5.02 Å². The zero-order chi connectivity index (χ0) is 15.9. The van der Waals surface area contributed by atoms with Crippen molar-refractivity contribution in [2.75, 3.05) is 24.3 Å². The van der Waals surface area contributed by atoms with Crippen molar-refractivity contribution in [1.29, 1.82) is 0 Å². The van der Waals surface area contributed by atoms with E-state index in [-0.39, 0.29) is 5.91 Å². The molecular formula is C17H19ClN2O2. The van der Waals surface area contributed by atoms with Gasteiger partial charge in [-0.05, 0) is 36.8 Å². The molecule has 0 unspecified atom stereocenters. The molecule has 2 N–H and O–H groups in total. The number of carbonyl (C=O) groups excluding carboxylic acids is 1. The Kier molecular flexibility index (Phi) is 5.67. The van der Waals surface area contributed by atoms with E-state index in [1.807, 2.05) is 43.3 Å². The second kappa shape index (κ2) is 7.71. The van der Waals surface area contributed by atoms with Gasteiger partial charge < -0.3 is 15.4 Å². The molecular weight excluding hydrogens is 300 g/mol.